The lowest BCUT2D eigenvalue weighted by molar-refractivity contribution is -0.134. The first-order chi connectivity index (χ1) is 5.70. The second-order valence-electron chi connectivity index (χ2n) is 2.26. The molecule has 0 unspecified atom stereocenters. The Morgan fingerprint density at radius 3 is 2.75 bits per heavy atom. The van der Waals surface area contributed by atoms with E-state index in [1.54, 1.807) is 12.1 Å². The van der Waals surface area contributed by atoms with E-state index in [0.29, 0.717) is 0 Å². The Kier molecular flexibility index (Phi) is 2.99. The van der Waals surface area contributed by atoms with E-state index < -0.39 is 5.97 Å². The quantitative estimate of drug-likeness (QED) is 0.622. The molecule has 0 aliphatic heterocycles. The van der Waals surface area contributed by atoms with Crippen molar-refractivity contribution in [3.8, 4) is 0 Å². The highest BCUT2D eigenvalue weighted by molar-refractivity contribution is 7.80. The summed E-state index contributed by atoms with van der Waals surface area (Å²) in [6.07, 6.45) is 0. The average molecular weight is 183 g/mol. The molecule has 0 amide bonds. The largest absolute Gasteiger partial charge is 0.480 e. The third-order valence-electron chi connectivity index (χ3n) is 1.33. The van der Waals surface area contributed by atoms with Gasteiger partial charge in [-0.25, -0.2) is 0 Å². The molecule has 0 fully saturated rings. The second kappa shape index (κ2) is 4.01. The summed E-state index contributed by atoms with van der Waals surface area (Å²) in [5, 5.41) is 11.1. The number of aliphatic carboxylic acids is 1. The molecule has 1 aromatic carbocycles. The molecule has 0 saturated heterocycles. The first-order valence-electron chi connectivity index (χ1n) is 3.44. The number of nitrogens with one attached hydrogen (secondary N) is 1. The van der Waals surface area contributed by atoms with E-state index in [0.717, 1.165) is 10.6 Å². The predicted molar refractivity (Wildman–Crippen MR) is 49.8 cm³/mol. The number of carboxylic acids is 1. The Hall–Kier alpha value is -1.16. The molecule has 1 rings (SSSR count). The summed E-state index contributed by atoms with van der Waals surface area (Å²) < 4.78 is 0. The molecular weight excluding hydrogens is 174 g/mol. The van der Waals surface area contributed by atoms with Gasteiger partial charge in [0.15, 0.2) is 0 Å². The monoisotopic (exact) mass is 183 g/mol. The minimum atomic E-state index is -0.883. The van der Waals surface area contributed by atoms with Gasteiger partial charge < -0.3 is 10.4 Å². The number of hydrogen-bond donors (Lipinski definition) is 3. The van der Waals surface area contributed by atoms with Crippen molar-refractivity contribution in [3.63, 3.8) is 0 Å². The number of carbonyl (C=O) groups is 1. The van der Waals surface area contributed by atoms with Gasteiger partial charge in [-0.15, -0.1) is 12.6 Å². The molecule has 0 aromatic heterocycles. The maximum Gasteiger partial charge on any atom is 0.322 e. The van der Waals surface area contributed by atoms with Crippen molar-refractivity contribution in [1.29, 1.82) is 0 Å². The van der Waals surface area contributed by atoms with Gasteiger partial charge in [0.25, 0.3) is 0 Å². The van der Waals surface area contributed by atoms with Gasteiger partial charge >= 0.3 is 5.97 Å². The number of hydrogen-bond acceptors (Lipinski definition) is 3. The molecule has 0 atom stereocenters. The minimum absolute atomic E-state index is 0.0857. The van der Waals surface area contributed by atoms with Crippen molar-refractivity contribution in [2.24, 2.45) is 0 Å². The second-order valence-corrected chi connectivity index (χ2v) is 2.75. The van der Waals surface area contributed by atoms with Crippen molar-refractivity contribution < 1.29 is 9.90 Å². The summed E-state index contributed by atoms with van der Waals surface area (Å²) in [6, 6.07) is 7.25. The van der Waals surface area contributed by atoms with Crippen LogP contribution in [0.25, 0.3) is 0 Å². The molecule has 0 spiro atoms. The van der Waals surface area contributed by atoms with Crippen molar-refractivity contribution in [2.75, 3.05) is 11.9 Å². The van der Waals surface area contributed by atoms with E-state index in [-0.39, 0.29) is 6.54 Å². The maximum atomic E-state index is 10.2. The molecular formula is C8H9NO2S. The number of benzene rings is 1. The van der Waals surface area contributed by atoms with E-state index >= 15 is 0 Å². The number of thiol groups is 1. The van der Waals surface area contributed by atoms with Crippen molar-refractivity contribution >= 4 is 24.3 Å². The molecule has 1 aromatic rings. The zero-order valence-electron chi connectivity index (χ0n) is 6.32. The first-order valence-corrected chi connectivity index (χ1v) is 3.88. The molecule has 0 saturated carbocycles. The van der Waals surface area contributed by atoms with Crippen LogP contribution < -0.4 is 5.32 Å². The molecule has 0 heterocycles. The summed E-state index contributed by atoms with van der Waals surface area (Å²) in [6.45, 7) is -0.0857. The SMILES string of the molecule is O=C(O)CNc1ccccc1S. The van der Waals surface area contributed by atoms with Gasteiger partial charge in [-0.2, -0.15) is 0 Å². The lowest BCUT2D eigenvalue weighted by Crippen LogP contribution is -2.12. The van der Waals surface area contributed by atoms with Gasteiger partial charge in [0.05, 0.1) is 0 Å². The van der Waals surface area contributed by atoms with Crippen LogP contribution in [0.15, 0.2) is 29.2 Å². The standard InChI is InChI=1S/C8H9NO2S/c10-8(11)5-9-6-3-1-2-4-7(6)12/h1-4,9,12H,5H2,(H,10,11). The van der Waals surface area contributed by atoms with Gasteiger partial charge in [-0.05, 0) is 12.1 Å². The third kappa shape index (κ3) is 2.47. The Labute approximate surface area is 75.8 Å². The minimum Gasteiger partial charge on any atom is -0.480 e. The Morgan fingerprint density at radius 2 is 2.17 bits per heavy atom. The smallest absolute Gasteiger partial charge is 0.322 e. The van der Waals surface area contributed by atoms with Gasteiger partial charge in [0.1, 0.15) is 6.54 Å². The average Bonchev–Trinajstić information content (AvgIpc) is 2.03. The summed E-state index contributed by atoms with van der Waals surface area (Å²) in [4.78, 5) is 10.9. The van der Waals surface area contributed by atoms with Crippen LogP contribution in [0.2, 0.25) is 0 Å². The van der Waals surface area contributed by atoms with Crippen LogP contribution in [0.4, 0.5) is 5.69 Å². The normalized spacial score (nSPS) is 9.42. The van der Waals surface area contributed by atoms with E-state index in [1.165, 1.54) is 0 Å². The molecule has 0 bridgehead atoms. The van der Waals surface area contributed by atoms with Crippen molar-refractivity contribution in [2.45, 2.75) is 4.90 Å². The van der Waals surface area contributed by atoms with E-state index in [2.05, 4.69) is 17.9 Å². The van der Waals surface area contributed by atoms with E-state index in [9.17, 15) is 4.79 Å². The number of carboxylic acid groups (broad SMARTS) is 1. The van der Waals surface area contributed by atoms with Crippen LogP contribution in [0.3, 0.4) is 0 Å². The molecule has 12 heavy (non-hydrogen) atoms. The summed E-state index contributed by atoms with van der Waals surface area (Å²) in [5.41, 5.74) is 0.739. The number of rotatable bonds is 3. The lowest BCUT2D eigenvalue weighted by atomic mass is 10.3. The molecule has 3 nitrogen and oxygen atoms in total. The van der Waals surface area contributed by atoms with Crippen LogP contribution in [-0.4, -0.2) is 17.6 Å². The van der Waals surface area contributed by atoms with Crippen LogP contribution in [0.1, 0.15) is 0 Å². The van der Waals surface area contributed by atoms with Crippen LogP contribution in [-0.2, 0) is 4.79 Å². The van der Waals surface area contributed by atoms with Crippen molar-refractivity contribution in [1.82, 2.24) is 0 Å². The number of para-hydroxylation sites is 1. The fourth-order valence-electron chi connectivity index (χ4n) is 0.794. The highest BCUT2D eigenvalue weighted by Gasteiger charge is 1.98. The zero-order valence-corrected chi connectivity index (χ0v) is 7.21. The molecule has 0 radical (unpaired) electrons. The zero-order chi connectivity index (χ0) is 8.97. The topological polar surface area (TPSA) is 49.3 Å². The molecule has 0 aliphatic rings. The summed E-state index contributed by atoms with van der Waals surface area (Å²) in [7, 11) is 0. The van der Waals surface area contributed by atoms with Crippen LogP contribution in [0.5, 0.6) is 0 Å². The van der Waals surface area contributed by atoms with Crippen molar-refractivity contribution in [3.05, 3.63) is 24.3 Å². The Bertz CT molecular complexity index is 288. The molecule has 64 valence electrons. The summed E-state index contributed by atoms with van der Waals surface area (Å²) in [5.74, 6) is -0.883. The fourth-order valence-corrected chi connectivity index (χ4v) is 1.03. The van der Waals surface area contributed by atoms with Gasteiger partial charge in [-0.3, -0.25) is 4.79 Å². The molecule has 4 heteroatoms. The molecule has 2 N–H and O–H groups in total. The maximum absolute atomic E-state index is 10.2. The molecule has 0 aliphatic carbocycles. The third-order valence-corrected chi connectivity index (χ3v) is 1.72. The first kappa shape index (κ1) is 8.93. The highest BCUT2D eigenvalue weighted by atomic mass is 32.1. The van der Waals surface area contributed by atoms with Gasteiger partial charge in [0, 0.05) is 10.6 Å². The lowest BCUT2D eigenvalue weighted by Gasteiger charge is -2.04. The predicted octanol–water partition coefficient (Wildman–Crippen LogP) is 1.47. The van der Waals surface area contributed by atoms with E-state index in [4.69, 9.17) is 5.11 Å². The van der Waals surface area contributed by atoms with Crippen LogP contribution in [0, 0.1) is 0 Å². The van der Waals surface area contributed by atoms with E-state index in [1.807, 2.05) is 12.1 Å². The number of anilines is 1. The highest BCUT2D eigenvalue weighted by Crippen LogP contribution is 2.17. The van der Waals surface area contributed by atoms with Gasteiger partial charge in [0.2, 0.25) is 0 Å². The van der Waals surface area contributed by atoms with Gasteiger partial charge in [-0.1, -0.05) is 12.1 Å². The van der Waals surface area contributed by atoms with Crippen LogP contribution >= 0.6 is 12.6 Å². The Morgan fingerprint density at radius 1 is 1.50 bits per heavy atom. The fraction of sp³-hybridized carbons (Fsp3) is 0.125. The Balaban J connectivity index is 2.63. The summed E-state index contributed by atoms with van der Waals surface area (Å²) >= 11 is 4.14.